The first-order valence-corrected chi connectivity index (χ1v) is 3.03. The maximum atomic E-state index is 12.4. The zero-order chi connectivity index (χ0) is 7.56. The Hall–Kier alpha value is -1.00. The SMILES string of the molecule is C#Cc1cc(F)cc(Cl)c1. The second-order valence-corrected chi connectivity index (χ2v) is 2.24. The van der Waals surface area contributed by atoms with E-state index in [1.807, 2.05) is 0 Å². The lowest BCUT2D eigenvalue weighted by Gasteiger charge is -1.91. The summed E-state index contributed by atoms with van der Waals surface area (Å²) in [5.41, 5.74) is 0.463. The summed E-state index contributed by atoms with van der Waals surface area (Å²) in [6.07, 6.45) is 5.01. The van der Waals surface area contributed by atoms with Crippen LogP contribution in [0.5, 0.6) is 0 Å². The monoisotopic (exact) mass is 154 g/mol. The highest BCUT2D eigenvalue weighted by Gasteiger charge is 1.94. The molecular formula is C8H4ClF. The van der Waals surface area contributed by atoms with Crippen molar-refractivity contribution in [2.45, 2.75) is 0 Å². The van der Waals surface area contributed by atoms with Crippen LogP contribution in [0.1, 0.15) is 5.56 Å². The fourth-order valence-electron chi connectivity index (χ4n) is 0.637. The molecule has 0 aliphatic heterocycles. The molecule has 0 saturated heterocycles. The van der Waals surface area contributed by atoms with E-state index in [2.05, 4.69) is 5.92 Å². The molecule has 0 aliphatic carbocycles. The fourth-order valence-corrected chi connectivity index (χ4v) is 0.859. The molecule has 2 heteroatoms. The zero-order valence-electron chi connectivity index (χ0n) is 5.07. The third-order valence-corrected chi connectivity index (χ3v) is 1.25. The molecule has 0 aliphatic rings. The molecule has 0 fully saturated rings. The molecule has 0 radical (unpaired) electrons. The Bertz CT molecular complexity index is 266. The molecule has 0 unspecified atom stereocenters. The number of rotatable bonds is 0. The lowest BCUT2D eigenvalue weighted by molar-refractivity contribution is 0.627. The predicted molar refractivity (Wildman–Crippen MR) is 39.3 cm³/mol. The molecule has 1 rings (SSSR count). The summed E-state index contributed by atoms with van der Waals surface area (Å²) in [6.45, 7) is 0. The minimum atomic E-state index is -0.402. The maximum absolute atomic E-state index is 12.4. The average molecular weight is 155 g/mol. The molecule has 0 atom stereocenters. The summed E-state index contributed by atoms with van der Waals surface area (Å²) in [5.74, 6) is 1.88. The van der Waals surface area contributed by atoms with Gasteiger partial charge in [-0.3, -0.25) is 0 Å². The normalized spacial score (nSPS) is 8.90. The predicted octanol–water partition coefficient (Wildman–Crippen LogP) is 2.46. The summed E-state index contributed by atoms with van der Waals surface area (Å²) >= 11 is 5.49. The number of halogens is 2. The van der Waals surface area contributed by atoms with Crippen LogP contribution in [0.15, 0.2) is 18.2 Å². The van der Waals surface area contributed by atoms with Gasteiger partial charge in [0.15, 0.2) is 0 Å². The molecule has 0 heterocycles. The first-order chi connectivity index (χ1) is 4.72. The van der Waals surface area contributed by atoms with Crippen molar-refractivity contribution in [2.24, 2.45) is 0 Å². The Labute approximate surface area is 63.6 Å². The van der Waals surface area contributed by atoms with Crippen molar-refractivity contribution in [2.75, 3.05) is 0 Å². The summed E-state index contributed by atoms with van der Waals surface area (Å²) in [5, 5.41) is 0.327. The molecule has 0 nitrogen and oxygen atoms in total. The first-order valence-electron chi connectivity index (χ1n) is 2.65. The van der Waals surface area contributed by atoms with E-state index in [1.54, 1.807) is 0 Å². The van der Waals surface area contributed by atoms with Gasteiger partial charge in [-0.15, -0.1) is 6.42 Å². The van der Waals surface area contributed by atoms with E-state index >= 15 is 0 Å². The smallest absolute Gasteiger partial charge is 0.125 e. The Morgan fingerprint density at radius 3 is 2.60 bits per heavy atom. The highest BCUT2D eigenvalue weighted by molar-refractivity contribution is 6.30. The Kier molecular flexibility index (Phi) is 1.94. The third-order valence-electron chi connectivity index (χ3n) is 1.03. The molecule has 0 bridgehead atoms. The molecule has 0 saturated carbocycles. The average Bonchev–Trinajstić information content (AvgIpc) is 1.85. The van der Waals surface area contributed by atoms with E-state index in [4.69, 9.17) is 18.0 Å². The second-order valence-electron chi connectivity index (χ2n) is 1.80. The standard InChI is InChI=1S/C8H4ClF/c1-2-6-3-7(9)5-8(10)4-6/h1,3-5H. The zero-order valence-corrected chi connectivity index (χ0v) is 5.82. The van der Waals surface area contributed by atoms with Gasteiger partial charge in [-0.2, -0.15) is 0 Å². The van der Waals surface area contributed by atoms with Crippen LogP contribution in [-0.4, -0.2) is 0 Å². The van der Waals surface area contributed by atoms with E-state index in [-0.39, 0.29) is 0 Å². The van der Waals surface area contributed by atoms with Gasteiger partial charge >= 0.3 is 0 Å². The van der Waals surface area contributed by atoms with Crippen molar-refractivity contribution < 1.29 is 4.39 Å². The van der Waals surface area contributed by atoms with Crippen molar-refractivity contribution in [3.05, 3.63) is 34.6 Å². The van der Waals surface area contributed by atoms with Crippen LogP contribution >= 0.6 is 11.6 Å². The Morgan fingerprint density at radius 2 is 2.10 bits per heavy atom. The molecule has 10 heavy (non-hydrogen) atoms. The minimum Gasteiger partial charge on any atom is -0.207 e. The van der Waals surface area contributed by atoms with Gasteiger partial charge in [0.1, 0.15) is 5.82 Å². The highest BCUT2D eigenvalue weighted by Crippen LogP contribution is 2.12. The minimum absolute atomic E-state index is 0.327. The molecule has 0 aromatic heterocycles. The number of hydrogen-bond donors (Lipinski definition) is 0. The molecule has 0 amide bonds. The van der Waals surface area contributed by atoms with E-state index in [0.29, 0.717) is 10.6 Å². The topological polar surface area (TPSA) is 0 Å². The third kappa shape index (κ3) is 1.49. The summed E-state index contributed by atoms with van der Waals surface area (Å²) in [4.78, 5) is 0. The molecule has 50 valence electrons. The summed E-state index contributed by atoms with van der Waals surface area (Å²) in [6, 6.07) is 4.00. The fraction of sp³-hybridized carbons (Fsp3) is 0. The number of benzene rings is 1. The van der Waals surface area contributed by atoms with Crippen molar-refractivity contribution in [1.29, 1.82) is 0 Å². The quantitative estimate of drug-likeness (QED) is 0.504. The number of hydrogen-bond acceptors (Lipinski definition) is 0. The first kappa shape index (κ1) is 7.11. The summed E-state index contributed by atoms with van der Waals surface area (Å²) < 4.78 is 12.4. The van der Waals surface area contributed by atoms with Crippen molar-refractivity contribution in [3.63, 3.8) is 0 Å². The van der Waals surface area contributed by atoms with Crippen molar-refractivity contribution in [1.82, 2.24) is 0 Å². The Morgan fingerprint density at radius 1 is 1.40 bits per heavy atom. The van der Waals surface area contributed by atoms with E-state index in [0.717, 1.165) is 0 Å². The van der Waals surface area contributed by atoms with E-state index in [1.165, 1.54) is 18.2 Å². The van der Waals surface area contributed by atoms with Gasteiger partial charge in [0, 0.05) is 10.6 Å². The maximum Gasteiger partial charge on any atom is 0.125 e. The molecule has 0 spiro atoms. The number of terminal acetylenes is 1. The van der Waals surface area contributed by atoms with Gasteiger partial charge < -0.3 is 0 Å². The van der Waals surface area contributed by atoms with Gasteiger partial charge in [-0.05, 0) is 18.2 Å². The van der Waals surface area contributed by atoms with Crippen LogP contribution in [0.2, 0.25) is 5.02 Å². The molecule has 1 aromatic carbocycles. The van der Waals surface area contributed by atoms with Gasteiger partial charge in [-0.1, -0.05) is 17.5 Å². The van der Waals surface area contributed by atoms with Crippen LogP contribution in [0.3, 0.4) is 0 Å². The molecule has 1 aromatic rings. The highest BCUT2D eigenvalue weighted by atomic mass is 35.5. The largest absolute Gasteiger partial charge is 0.207 e. The van der Waals surface area contributed by atoms with Gasteiger partial charge in [0.2, 0.25) is 0 Å². The van der Waals surface area contributed by atoms with Crippen LogP contribution in [0.4, 0.5) is 4.39 Å². The van der Waals surface area contributed by atoms with Gasteiger partial charge in [-0.25, -0.2) is 4.39 Å². The van der Waals surface area contributed by atoms with Crippen LogP contribution < -0.4 is 0 Å². The van der Waals surface area contributed by atoms with Crippen molar-refractivity contribution in [3.8, 4) is 12.3 Å². The molecular weight excluding hydrogens is 151 g/mol. The lowest BCUT2D eigenvalue weighted by Crippen LogP contribution is -1.77. The second kappa shape index (κ2) is 2.72. The van der Waals surface area contributed by atoms with E-state index in [9.17, 15) is 4.39 Å². The van der Waals surface area contributed by atoms with Crippen LogP contribution in [-0.2, 0) is 0 Å². The van der Waals surface area contributed by atoms with Crippen LogP contribution in [0, 0.1) is 18.2 Å². The lowest BCUT2D eigenvalue weighted by atomic mass is 10.2. The Balaban J connectivity index is 3.22. The van der Waals surface area contributed by atoms with Gasteiger partial charge in [0.25, 0.3) is 0 Å². The summed E-state index contributed by atoms with van der Waals surface area (Å²) in [7, 11) is 0. The van der Waals surface area contributed by atoms with E-state index < -0.39 is 5.82 Å². The van der Waals surface area contributed by atoms with Crippen LogP contribution in [0.25, 0.3) is 0 Å². The van der Waals surface area contributed by atoms with Gasteiger partial charge in [0.05, 0.1) is 0 Å². The molecule has 0 N–H and O–H groups in total. The van der Waals surface area contributed by atoms with Crippen molar-refractivity contribution >= 4 is 11.6 Å².